The van der Waals surface area contributed by atoms with Crippen molar-refractivity contribution in [3.63, 3.8) is 0 Å². The Hall–Kier alpha value is -1.07. The molecule has 1 saturated heterocycles. The number of alkyl halides is 3. The smallest absolute Gasteiger partial charge is 0.335 e. The topological polar surface area (TPSA) is 37.4 Å². The first-order chi connectivity index (χ1) is 7.85. The summed E-state index contributed by atoms with van der Waals surface area (Å²) in [6.45, 7) is 0.0914. The van der Waals surface area contributed by atoms with Gasteiger partial charge in [0.15, 0.2) is 0 Å². The summed E-state index contributed by atoms with van der Waals surface area (Å²) >= 11 is 0. The van der Waals surface area contributed by atoms with Crippen LogP contribution < -0.4 is 0 Å². The minimum absolute atomic E-state index is 0.0457. The maximum atomic E-state index is 12.2. The van der Waals surface area contributed by atoms with E-state index in [1.807, 2.05) is 0 Å². The number of carbonyl (C=O) groups is 2. The number of halogens is 3. The van der Waals surface area contributed by atoms with Crippen LogP contribution >= 0.6 is 0 Å². The lowest BCUT2D eigenvalue weighted by molar-refractivity contribution is -0.187. The van der Waals surface area contributed by atoms with Gasteiger partial charge in [-0.25, -0.2) is 0 Å². The summed E-state index contributed by atoms with van der Waals surface area (Å²) in [5, 5.41) is 0. The van der Waals surface area contributed by atoms with E-state index in [-0.39, 0.29) is 18.9 Å². The first-order valence-electron chi connectivity index (χ1n) is 5.75. The van der Waals surface area contributed by atoms with E-state index in [4.69, 9.17) is 0 Å². The molecule has 2 fully saturated rings. The van der Waals surface area contributed by atoms with Gasteiger partial charge in [-0.05, 0) is 25.7 Å². The molecule has 1 saturated carbocycles. The third kappa shape index (κ3) is 2.17. The zero-order valence-electron chi connectivity index (χ0n) is 9.35. The number of amides is 1. The van der Waals surface area contributed by atoms with E-state index in [2.05, 4.69) is 0 Å². The molecule has 1 amide bonds. The molecule has 2 aliphatic rings. The number of hydrogen-bond acceptors (Lipinski definition) is 2. The standard InChI is InChI=1S/C11H14F3NO2/c12-11(13,14)9(17)15-6-4-10(5-7-15)3-1-2-8(10)16/h1-7H2. The number of rotatable bonds is 0. The molecule has 0 aromatic carbocycles. The van der Waals surface area contributed by atoms with E-state index >= 15 is 0 Å². The molecule has 1 aliphatic carbocycles. The van der Waals surface area contributed by atoms with Crippen LogP contribution in [0.5, 0.6) is 0 Å². The van der Waals surface area contributed by atoms with Crippen LogP contribution in [-0.2, 0) is 9.59 Å². The van der Waals surface area contributed by atoms with Crippen molar-refractivity contribution < 1.29 is 22.8 Å². The summed E-state index contributed by atoms with van der Waals surface area (Å²) in [6, 6.07) is 0. The Kier molecular flexibility index (Phi) is 2.91. The molecule has 0 aromatic rings. The SMILES string of the molecule is O=C(N1CCC2(CCCC2=O)CC1)C(F)(F)F. The fraction of sp³-hybridized carbons (Fsp3) is 0.818. The van der Waals surface area contributed by atoms with Crippen LogP contribution in [0.3, 0.4) is 0 Å². The first kappa shape index (κ1) is 12.4. The van der Waals surface area contributed by atoms with Gasteiger partial charge in [0, 0.05) is 24.9 Å². The number of Topliss-reactive ketones (excluding diaryl/α,β-unsaturated/α-hetero) is 1. The van der Waals surface area contributed by atoms with Gasteiger partial charge in [-0.2, -0.15) is 13.2 Å². The Morgan fingerprint density at radius 2 is 1.76 bits per heavy atom. The molecule has 1 aliphatic heterocycles. The average molecular weight is 249 g/mol. The number of likely N-dealkylation sites (tertiary alicyclic amines) is 1. The van der Waals surface area contributed by atoms with E-state index in [0.717, 1.165) is 17.7 Å². The van der Waals surface area contributed by atoms with Gasteiger partial charge < -0.3 is 4.90 Å². The molecule has 1 spiro atoms. The van der Waals surface area contributed by atoms with Crippen molar-refractivity contribution in [1.82, 2.24) is 4.90 Å². The van der Waals surface area contributed by atoms with E-state index in [9.17, 15) is 22.8 Å². The molecule has 2 rings (SSSR count). The van der Waals surface area contributed by atoms with Gasteiger partial charge >= 0.3 is 12.1 Å². The number of ketones is 1. The quantitative estimate of drug-likeness (QED) is 0.657. The van der Waals surface area contributed by atoms with Gasteiger partial charge in [0.2, 0.25) is 0 Å². The summed E-state index contributed by atoms with van der Waals surface area (Å²) in [7, 11) is 0. The highest BCUT2D eigenvalue weighted by Crippen LogP contribution is 2.43. The second kappa shape index (κ2) is 3.99. The maximum Gasteiger partial charge on any atom is 0.471 e. The highest BCUT2D eigenvalue weighted by molar-refractivity contribution is 5.87. The van der Waals surface area contributed by atoms with Gasteiger partial charge in [-0.1, -0.05) is 0 Å². The lowest BCUT2D eigenvalue weighted by Gasteiger charge is -2.38. The number of carbonyl (C=O) groups excluding carboxylic acids is 2. The second-order valence-corrected chi connectivity index (χ2v) is 4.85. The van der Waals surface area contributed by atoms with Crippen molar-refractivity contribution in [2.45, 2.75) is 38.3 Å². The van der Waals surface area contributed by atoms with Crippen LogP contribution in [0, 0.1) is 5.41 Å². The Morgan fingerprint density at radius 3 is 2.18 bits per heavy atom. The molecule has 0 radical (unpaired) electrons. The fourth-order valence-electron chi connectivity index (χ4n) is 2.84. The molecular weight excluding hydrogens is 235 g/mol. The predicted molar refractivity (Wildman–Crippen MR) is 53.2 cm³/mol. The molecule has 3 nitrogen and oxygen atoms in total. The Morgan fingerprint density at radius 1 is 1.18 bits per heavy atom. The molecule has 6 heteroatoms. The molecule has 0 aromatic heterocycles. The number of piperidine rings is 1. The van der Waals surface area contributed by atoms with E-state index in [1.165, 1.54) is 0 Å². The molecule has 1 heterocycles. The third-order valence-corrected chi connectivity index (χ3v) is 3.90. The minimum Gasteiger partial charge on any atom is -0.335 e. The maximum absolute atomic E-state index is 12.2. The monoisotopic (exact) mass is 249 g/mol. The second-order valence-electron chi connectivity index (χ2n) is 4.85. The summed E-state index contributed by atoms with van der Waals surface area (Å²) < 4.78 is 36.7. The highest BCUT2D eigenvalue weighted by atomic mass is 19.4. The molecule has 0 atom stereocenters. The zero-order chi connectivity index (χ0) is 12.7. The summed E-state index contributed by atoms with van der Waals surface area (Å²) in [4.78, 5) is 23.5. The molecule has 17 heavy (non-hydrogen) atoms. The lowest BCUT2D eigenvalue weighted by Crippen LogP contribution is -2.49. The fourth-order valence-corrected chi connectivity index (χ4v) is 2.84. The van der Waals surface area contributed by atoms with Crippen LogP contribution in [0.25, 0.3) is 0 Å². The zero-order valence-corrected chi connectivity index (χ0v) is 9.35. The van der Waals surface area contributed by atoms with Crippen molar-refractivity contribution in [3.05, 3.63) is 0 Å². The van der Waals surface area contributed by atoms with E-state index in [1.54, 1.807) is 0 Å². The number of nitrogens with zero attached hydrogens (tertiary/aromatic N) is 1. The first-order valence-corrected chi connectivity index (χ1v) is 5.75. The normalized spacial score (nSPS) is 24.4. The van der Waals surface area contributed by atoms with Gasteiger partial charge in [0.05, 0.1) is 0 Å². The summed E-state index contributed by atoms with van der Waals surface area (Å²) in [5.41, 5.74) is -0.428. The van der Waals surface area contributed by atoms with Gasteiger partial charge in [-0.15, -0.1) is 0 Å². The van der Waals surface area contributed by atoms with Crippen LogP contribution in [0.4, 0.5) is 13.2 Å². The highest BCUT2D eigenvalue weighted by Gasteiger charge is 2.48. The minimum atomic E-state index is -4.80. The van der Waals surface area contributed by atoms with Crippen molar-refractivity contribution in [2.75, 3.05) is 13.1 Å². The van der Waals surface area contributed by atoms with Crippen molar-refractivity contribution in [2.24, 2.45) is 5.41 Å². The van der Waals surface area contributed by atoms with Crippen LogP contribution in [-0.4, -0.2) is 35.9 Å². The van der Waals surface area contributed by atoms with Crippen LogP contribution in [0.15, 0.2) is 0 Å². The van der Waals surface area contributed by atoms with E-state index in [0.29, 0.717) is 19.3 Å². The Bertz CT molecular complexity index is 343. The van der Waals surface area contributed by atoms with E-state index < -0.39 is 17.5 Å². The molecule has 96 valence electrons. The van der Waals surface area contributed by atoms with Crippen LogP contribution in [0.1, 0.15) is 32.1 Å². The molecular formula is C11H14F3NO2. The molecule has 0 bridgehead atoms. The number of hydrogen-bond donors (Lipinski definition) is 0. The summed E-state index contributed by atoms with van der Waals surface area (Å²) in [5.74, 6) is -1.62. The third-order valence-electron chi connectivity index (χ3n) is 3.90. The van der Waals surface area contributed by atoms with Gasteiger partial charge in [0.25, 0.3) is 0 Å². The lowest BCUT2D eigenvalue weighted by atomic mass is 9.76. The van der Waals surface area contributed by atoms with Crippen molar-refractivity contribution >= 4 is 11.7 Å². The van der Waals surface area contributed by atoms with Crippen molar-refractivity contribution in [1.29, 1.82) is 0 Å². The summed E-state index contributed by atoms with van der Waals surface area (Å²) in [6.07, 6.45) is -1.91. The van der Waals surface area contributed by atoms with Gasteiger partial charge in [-0.3, -0.25) is 9.59 Å². The Balaban J connectivity index is 1.99. The van der Waals surface area contributed by atoms with Gasteiger partial charge in [0.1, 0.15) is 5.78 Å². The molecule has 0 N–H and O–H groups in total. The van der Waals surface area contributed by atoms with Crippen molar-refractivity contribution in [3.8, 4) is 0 Å². The largest absolute Gasteiger partial charge is 0.471 e. The predicted octanol–water partition coefficient (Wildman–Crippen LogP) is 1.91. The molecule has 0 unspecified atom stereocenters. The van der Waals surface area contributed by atoms with Crippen LogP contribution in [0.2, 0.25) is 0 Å². The average Bonchev–Trinajstić information content (AvgIpc) is 2.60. The Labute approximate surface area is 97.0 Å².